The minimum Gasteiger partial charge on any atom is -0.369 e. The topological polar surface area (TPSA) is 80.5 Å². The first-order valence-corrected chi connectivity index (χ1v) is 7.99. The molecule has 23 heavy (non-hydrogen) atoms. The summed E-state index contributed by atoms with van der Waals surface area (Å²) in [4.78, 5) is 37.9. The van der Waals surface area contributed by atoms with Crippen LogP contribution >= 0.6 is 0 Å². The molecule has 2 fully saturated rings. The monoisotopic (exact) mass is 310 g/mol. The van der Waals surface area contributed by atoms with Gasteiger partial charge in [0.25, 0.3) is 0 Å². The minimum atomic E-state index is -0.403. The van der Waals surface area contributed by atoms with E-state index in [2.05, 4.69) is 12.2 Å². The van der Waals surface area contributed by atoms with Crippen LogP contribution in [0.5, 0.6) is 0 Å². The second-order valence-corrected chi connectivity index (χ2v) is 6.66. The average Bonchev–Trinajstić information content (AvgIpc) is 2.83. The predicted molar refractivity (Wildman–Crippen MR) is 84.2 cm³/mol. The first-order chi connectivity index (χ1) is 11.1. The maximum atomic E-state index is 12.8. The fourth-order valence-corrected chi connectivity index (χ4v) is 4.29. The standard InChI is InChI=1S/C18H18N2O3/c19-14(21)9-10-1-7-13(8-2-10)20-17(22)15-11-3-4-12(6-5-11)16(15)18(20)23/h1-4,7-8,11-12,15-16H,5-6,9H2,(H2,19,21). The highest BCUT2D eigenvalue weighted by Gasteiger charge is 2.56. The number of imide groups is 1. The second kappa shape index (κ2) is 5.05. The molecule has 3 amide bonds. The normalized spacial score (nSPS) is 31.6. The lowest BCUT2D eigenvalue weighted by Gasteiger charge is -2.38. The van der Waals surface area contributed by atoms with Crippen LogP contribution in [0.4, 0.5) is 5.69 Å². The molecule has 2 bridgehead atoms. The van der Waals surface area contributed by atoms with Crippen molar-refractivity contribution in [2.45, 2.75) is 19.3 Å². The lowest BCUT2D eigenvalue weighted by Crippen LogP contribution is -2.38. The maximum Gasteiger partial charge on any atom is 0.238 e. The van der Waals surface area contributed by atoms with Crippen molar-refractivity contribution in [2.24, 2.45) is 29.4 Å². The first-order valence-electron chi connectivity index (χ1n) is 7.99. The van der Waals surface area contributed by atoms with E-state index in [1.807, 2.05) is 0 Å². The molecule has 0 spiro atoms. The highest BCUT2D eigenvalue weighted by atomic mass is 16.2. The fourth-order valence-electron chi connectivity index (χ4n) is 4.29. The van der Waals surface area contributed by atoms with Crippen LogP contribution in [-0.4, -0.2) is 17.7 Å². The average molecular weight is 310 g/mol. The van der Waals surface area contributed by atoms with E-state index >= 15 is 0 Å². The number of nitrogens with two attached hydrogens (primary N) is 1. The van der Waals surface area contributed by atoms with Gasteiger partial charge >= 0.3 is 0 Å². The molecule has 0 aromatic heterocycles. The molecule has 1 saturated heterocycles. The Morgan fingerprint density at radius 1 is 1.00 bits per heavy atom. The second-order valence-electron chi connectivity index (χ2n) is 6.66. The van der Waals surface area contributed by atoms with Gasteiger partial charge in [-0.25, -0.2) is 0 Å². The van der Waals surface area contributed by atoms with Crippen LogP contribution in [0.15, 0.2) is 36.4 Å². The Bertz CT molecular complexity index is 690. The van der Waals surface area contributed by atoms with Gasteiger partial charge in [-0.05, 0) is 42.4 Å². The van der Waals surface area contributed by atoms with Gasteiger partial charge in [-0.3, -0.25) is 19.3 Å². The molecule has 3 aliphatic carbocycles. The van der Waals surface area contributed by atoms with Gasteiger partial charge in [0.1, 0.15) is 0 Å². The first kappa shape index (κ1) is 14.2. The summed E-state index contributed by atoms with van der Waals surface area (Å²) >= 11 is 0. The summed E-state index contributed by atoms with van der Waals surface area (Å²) in [6.45, 7) is 0. The zero-order chi connectivity index (χ0) is 16.1. The van der Waals surface area contributed by atoms with Crippen molar-refractivity contribution in [3.05, 3.63) is 42.0 Å². The van der Waals surface area contributed by atoms with E-state index in [1.165, 1.54) is 4.90 Å². The lowest BCUT2D eigenvalue weighted by molar-refractivity contribution is -0.124. The number of allylic oxidation sites excluding steroid dienone is 2. The molecule has 2 N–H and O–H groups in total. The molecule has 4 unspecified atom stereocenters. The molecule has 1 aliphatic heterocycles. The van der Waals surface area contributed by atoms with Gasteiger partial charge < -0.3 is 5.73 Å². The highest BCUT2D eigenvalue weighted by Crippen LogP contribution is 2.50. The van der Waals surface area contributed by atoms with E-state index in [-0.39, 0.29) is 41.9 Å². The predicted octanol–water partition coefficient (Wildman–Crippen LogP) is 1.42. The largest absolute Gasteiger partial charge is 0.369 e. The summed E-state index contributed by atoms with van der Waals surface area (Å²) in [7, 11) is 0. The third-order valence-corrected chi connectivity index (χ3v) is 5.33. The lowest BCUT2D eigenvalue weighted by atomic mass is 9.63. The molecule has 5 heteroatoms. The van der Waals surface area contributed by atoms with Crippen molar-refractivity contribution in [3.63, 3.8) is 0 Å². The van der Waals surface area contributed by atoms with Gasteiger partial charge in [0.05, 0.1) is 23.9 Å². The molecule has 5 nitrogen and oxygen atoms in total. The molecule has 5 rings (SSSR count). The zero-order valence-corrected chi connectivity index (χ0v) is 12.6. The third-order valence-electron chi connectivity index (χ3n) is 5.33. The van der Waals surface area contributed by atoms with Crippen LogP contribution in [-0.2, 0) is 20.8 Å². The van der Waals surface area contributed by atoms with E-state index in [0.717, 1.165) is 18.4 Å². The van der Waals surface area contributed by atoms with Gasteiger partial charge in [-0.2, -0.15) is 0 Å². The summed E-state index contributed by atoms with van der Waals surface area (Å²) in [6.07, 6.45) is 6.36. The number of amides is 3. The van der Waals surface area contributed by atoms with Crippen molar-refractivity contribution in [2.75, 3.05) is 4.90 Å². The number of hydrogen-bond donors (Lipinski definition) is 1. The van der Waals surface area contributed by atoms with Gasteiger partial charge in [0, 0.05) is 0 Å². The van der Waals surface area contributed by atoms with Crippen LogP contribution < -0.4 is 10.6 Å². The molecule has 1 aromatic carbocycles. The Labute approximate surface area is 134 Å². The number of hydrogen-bond acceptors (Lipinski definition) is 3. The maximum absolute atomic E-state index is 12.8. The summed E-state index contributed by atoms with van der Waals surface area (Å²) in [6, 6.07) is 6.94. The molecule has 118 valence electrons. The van der Waals surface area contributed by atoms with Crippen molar-refractivity contribution in [1.29, 1.82) is 0 Å². The van der Waals surface area contributed by atoms with Crippen LogP contribution in [0.1, 0.15) is 18.4 Å². The summed E-state index contributed by atoms with van der Waals surface area (Å²) < 4.78 is 0. The van der Waals surface area contributed by atoms with E-state index in [1.54, 1.807) is 24.3 Å². The zero-order valence-electron chi connectivity index (χ0n) is 12.6. The summed E-state index contributed by atoms with van der Waals surface area (Å²) in [5.74, 6) is -0.572. The number of fused-ring (bicyclic) bond motifs is 1. The van der Waals surface area contributed by atoms with Crippen LogP contribution in [0.3, 0.4) is 0 Å². The van der Waals surface area contributed by atoms with Crippen LogP contribution in [0.2, 0.25) is 0 Å². The number of benzene rings is 1. The molecular formula is C18H18N2O3. The third kappa shape index (κ3) is 2.11. The van der Waals surface area contributed by atoms with Crippen molar-refractivity contribution in [3.8, 4) is 0 Å². The van der Waals surface area contributed by atoms with Crippen molar-refractivity contribution >= 4 is 23.4 Å². The number of nitrogens with zero attached hydrogens (tertiary/aromatic N) is 1. The van der Waals surface area contributed by atoms with E-state index in [0.29, 0.717) is 5.69 Å². The Balaban J connectivity index is 1.64. The summed E-state index contributed by atoms with van der Waals surface area (Å²) in [5, 5.41) is 0. The highest BCUT2D eigenvalue weighted by molar-refractivity contribution is 6.22. The molecule has 1 saturated carbocycles. The molecular weight excluding hydrogens is 292 g/mol. The Hall–Kier alpha value is -2.43. The van der Waals surface area contributed by atoms with Gasteiger partial charge in [-0.1, -0.05) is 24.3 Å². The number of rotatable bonds is 3. The molecule has 1 aromatic rings. The van der Waals surface area contributed by atoms with E-state index < -0.39 is 5.91 Å². The van der Waals surface area contributed by atoms with Gasteiger partial charge in [0.2, 0.25) is 17.7 Å². The van der Waals surface area contributed by atoms with Crippen LogP contribution in [0, 0.1) is 23.7 Å². The van der Waals surface area contributed by atoms with Crippen molar-refractivity contribution < 1.29 is 14.4 Å². The van der Waals surface area contributed by atoms with Gasteiger partial charge in [-0.15, -0.1) is 0 Å². The Kier molecular flexibility index (Phi) is 3.11. The molecule has 4 aliphatic rings. The smallest absolute Gasteiger partial charge is 0.238 e. The van der Waals surface area contributed by atoms with E-state index in [4.69, 9.17) is 5.73 Å². The van der Waals surface area contributed by atoms with Crippen LogP contribution in [0.25, 0.3) is 0 Å². The van der Waals surface area contributed by atoms with E-state index in [9.17, 15) is 14.4 Å². The molecule has 1 heterocycles. The molecule has 0 radical (unpaired) electrons. The molecule has 4 atom stereocenters. The van der Waals surface area contributed by atoms with Crippen molar-refractivity contribution in [1.82, 2.24) is 0 Å². The quantitative estimate of drug-likeness (QED) is 0.677. The minimum absolute atomic E-state index is 0.0818. The number of carbonyl (C=O) groups excluding carboxylic acids is 3. The summed E-state index contributed by atoms with van der Waals surface area (Å²) in [5.41, 5.74) is 6.54. The fraction of sp³-hybridized carbons (Fsp3) is 0.389. The number of primary amides is 1. The van der Waals surface area contributed by atoms with Gasteiger partial charge in [0.15, 0.2) is 0 Å². The SMILES string of the molecule is NC(=O)Cc1ccc(N2C(=O)C3C4C=CC(CC4)C3C2=O)cc1. The Morgan fingerprint density at radius 2 is 1.52 bits per heavy atom. The number of carbonyl (C=O) groups is 3. The number of anilines is 1. The Morgan fingerprint density at radius 3 is 1.96 bits per heavy atom.